The number of carbonyl (C=O) groups excluding carboxylic acids is 1. The van der Waals surface area contributed by atoms with Crippen molar-refractivity contribution in [2.24, 2.45) is 7.05 Å². The first-order valence-corrected chi connectivity index (χ1v) is 12.8. The fourth-order valence-corrected chi connectivity index (χ4v) is 4.64. The summed E-state index contributed by atoms with van der Waals surface area (Å²) in [5, 5.41) is 9.16. The normalized spacial score (nSPS) is 13.7. The minimum atomic E-state index is -0.212. The van der Waals surface area contributed by atoms with E-state index in [-0.39, 0.29) is 18.0 Å². The van der Waals surface area contributed by atoms with E-state index in [0.717, 1.165) is 29.4 Å². The zero-order valence-corrected chi connectivity index (χ0v) is 22.2. The van der Waals surface area contributed by atoms with Crippen LogP contribution >= 0.6 is 0 Å². The second kappa shape index (κ2) is 13.1. The quantitative estimate of drug-likeness (QED) is 0.456. The lowest BCUT2D eigenvalue weighted by atomic mass is 9.95. The Morgan fingerprint density at radius 1 is 1.14 bits per heavy atom. The third-order valence-corrected chi connectivity index (χ3v) is 6.79. The summed E-state index contributed by atoms with van der Waals surface area (Å²) < 4.78 is 1.41. The summed E-state index contributed by atoms with van der Waals surface area (Å²) in [6.07, 6.45) is 10.5. The van der Waals surface area contributed by atoms with E-state index in [0.29, 0.717) is 16.8 Å². The molecule has 3 N–H and O–H groups in total. The molecule has 8 nitrogen and oxygen atoms in total. The first-order valence-electron chi connectivity index (χ1n) is 12.8. The molecule has 2 heterocycles. The number of amides is 1. The maximum Gasteiger partial charge on any atom is 0.271 e. The summed E-state index contributed by atoms with van der Waals surface area (Å²) >= 11 is 0. The van der Waals surface area contributed by atoms with Crippen molar-refractivity contribution in [2.75, 3.05) is 26.0 Å². The van der Waals surface area contributed by atoms with Gasteiger partial charge in [0, 0.05) is 48.8 Å². The highest BCUT2D eigenvalue weighted by Crippen LogP contribution is 2.21. The molecule has 1 aliphatic carbocycles. The van der Waals surface area contributed by atoms with Crippen LogP contribution in [0.3, 0.4) is 0 Å². The van der Waals surface area contributed by atoms with Crippen LogP contribution in [0.4, 0.5) is 5.69 Å². The Balaban J connectivity index is 0.000000338. The second-order valence-corrected chi connectivity index (χ2v) is 9.51. The lowest BCUT2D eigenvalue weighted by Crippen LogP contribution is -2.29. The predicted octanol–water partition coefficient (Wildman–Crippen LogP) is 4.33. The number of rotatable bonds is 7. The molecule has 1 fully saturated rings. The second-order valence-electron chi connectivity index (χ2n) is 9.51. The lowest BCUT2D eigenvalue weighted by Gasteiger charge is -2.27. The van der Waals surface area contributed by atoms with Crippen molar-refractivity contribution in [2.45, 2.75) is 58.5 Å². The van der Waals surface area contributed by atoms with Crippen molar-refractivity contribution in [1.82, 2.24) is 25.0 Å². The van der Waals surface area contributed by atoms with Gasteiger partial charge in [0.15, 0.2) is 0 Å². The number of nitrogens with zero attached hydrogens (tertiary/aromatic N) is 3. The van der Waals surface area contributed by atoms with Gasteiger partial charge in [-0.15, -0.1) is 0 Å². The molecule has 1 aliphatic rings. The fourth-order valence-electron chi connectivity index (χ4n) is 4.64. The predicted molar refractivity (Wildman–Crippen MR) is 146 cm³/mol. The third-order valence-electron chi connectivity index (χ3n) is 6.79. The van der Waals surface area contributed by atoms with Gasteiger partial charge in [0.05, 0.1) is 17.8 Å². The Morgan fingerprint density at radius 3 is 2.44 bits per heavy atom. The number of benzene rings is 1. The van der Waals surface area contributed by atoms with E-state index >= 15 is 0 Å². The van der Waals surface area contributed by atoms with Gasteiger partial charge in [0.1, 0.15) is 0 Å². The van der Waals surface area contributed by atoms with Gasteiger partial charge in [-0.05, 0) is 70.6 Å². The van der Waals surface area contributed by atoms with Gasteiger partial charge in [-0.3, -0.25) is 24.4 Å². The zero-order valence-electron chi connectivity index (χ0n) is 22.2. The summed E-state index contributed by atoms with van der Waals surface area (Å²) in [5.41, 5.74) is 4.28. The van der Waals surface area contributed by atoms with E-state index in [4.69, 9.17) is 0 Å². The van der Waals surface area contributed by atoms with Crippen LogP contribution in [0.5, 0.6) is 0 Å². The summed E-state index contributed by atoms with van der Waals surface area (Å²) in [4.78, 5) is 31.5. The SMILES string of the molecule is CCNc1cccc(C(=O)NCc2c(-c3ccncc3)[nH]n(C)c2=O)c1C.CN(C)C1CCCCC1. The molecule has 2 aromatic heterocycles. The Labute approximate surface area is 214 Å². The van der Waals surface area contributed by atoms with E-state index in [2.05, 4.69) is 39.7 Å². The van der Waals surface area contributed by atoms with E-state index < -0.39 is 0 Å². The molecule has 1 saturated carbocycles. The molecule has 36 heavy (non-hydrogen) atoms. The van der Waals surface area contributed by atoms with Crippen LogP contribution in [0, 0.1) is 6.92 Å². The Bertz CT molecular complexity index is 1180. The number of aromatic amines is 1. The summed E-state index contributed by atoms with van der Waals surface area (Å²) in [6, 6.07) is 10.1. The van der Waals surface area contributed by atoms with Crippen LogP contribution in [0.2, 0.25) is 0 Å². The molecule has 0 unspecified atom stereocenters. The molecule has 1 amide bonds. The van der Waals surface area contributed by atoms with Gasteiger partial charge in [-0.1, -0.05) is 25.3 Å². The third kappa shape index (κ3) is 6.85. The van der Waals surface area contributed by atoms with E-state index in [1.54, 1.807) is 25.5 Å². The number of nitrogens with one attached hydrogen (secondary N) is 3. The molecule has 0 spiro atoms. The molecule has 0 bridgehead atoms. The maximum absolute atomic E-state index is 12.7. The van der Waals surface area contributed by atoms with Gasteiger partial charge >= 0.3 is 0 Å². The Morgan fingerprint density at radius 2 is 1.83 bits per heavy atom. The molecule has 0 radical (unpaired) electrons. The van der Waals surface area contributed by atoms with E-state index in [1.165, 1.54) is 36.8 Å². The van der Waals surface area contributed by atoms with Crippen LogP contribution < -0.4 is 16.2 Å². The summed E-state index contributed by atoms with van der Waals surface area (Å²) in [6.45, 7) is 4.83. The molecular weight excluding hydrogens is 452 g/mol. The van der Waals surface area contributed by atoms with Crippen molar-refractivity contribution < 1.29 is 4.79 Å². The molecule has 3 aromatic rings. The number of hydrogen-bond acceptors (Lipinski definition) is 5. The van der Waals surface area contributed by atoms with Crippen molar-refractivity contribution in [3.8, 4) is 11.3 Å². The number of aromatic nitrogens is 3. The lowest BCUT2D eigenvalue weighted by molar-refractivity contribution is 0.0950. The van der Waals surface area contributed by atoms with Crippen LogP contribution in [-0.4, -0.2) is 52.3 Å². The Hall–Kier alpha value is -3.39. The average Bonchev–Trinajstić information content (AvgIpc) is 3.18. The number of hydrogen-bond donors (Lipinski definition) is 3. The van der Waals surface area contributed by atoms with Crippen molar-refractivity contribution in [3.63, 3.8) is 0 Å². The monoisotopic (exact) mass is 492 g/mol. The summed E-state index contributed by atoms with van der Waals surface area (Å²) in [5.74, 6) is -0.212. The average molecular weight is 493 g/mol. The van der Waals surface area contributed by atoms with E-state index in [1.807, 2.05) is 38.1 Å². The van der Waals surface area contributed by atoms with Crippen LogP contribution in [-0.2, 0) is 13.6 Å². The first-order chi connectivity index (χ1) is 17.3. The standard InChI is InChI=1S/C20H23N5O2.C8H17N/c1-4-22-17-7-5-6-15(13(17)2)19(26)23-12-16-18(24-25(3)20(16)27)14-8-10-21-11-9-14;1-9(2)8-6-4-3-5-7-8/h5-11,22,24H,4,12H2,1-3H3,(H,23,26);8H,3-7H2,1-2H3. The van der Waals surface area contributed by atoms with Crippen molar-refractivity contribution in [1.29, 1.82) is 0 Å². The number of H-pyrrole nitrogens is 1. The van der Waals surface area contributed by atoms with Gasteiger partial charge in [-0.2, -0.15) is 0 Å². The number of aryl methyl sites for hydroxylation is 1. The number of carbonyl (C=O) groups is 1. The van der Waals surface area contributed by atoms with Crippen molar-refractivity contribution >= 4 is 11.6 Å². The largest absolute Gasteiger partial charge is 0.385 e. The highest BCUT2D eigenvalue weighted by molar-refractivity contribution is 5.97. The first kappa shape index (κ1) is 27.2. The molecule has 8 heteroatoms. The van der Waals surface area contributed by atoms with Crippen LogP contribution in [0.25, 0.3) is 11.3 Å². The van der Waals surface area contributed by atoms with Crippen LogP contribution in [0.1, 0.15) is 60.5 Å². The fraction of sp³-hybridized carbons (Fsp3) is 0.464. The summed E-state index contributed by atoms with van der Waals surface area (Å²) in [7, 11) is 6.04. The van der Waals surface area contributed by atoms with E-state index in [9.17, 15) is 9.59 Å². The van der Waals surface area contributed by atoms with Gasteiger partial charge in [-0.25, -0.2) is 0 Å². The molecule has 0 atom stereocenters. The van der Waals surface area contributed by atoms with Crippen LogP contribution in [0.15, 0.2) is 47.5 Å². The molecular formula is C28H40N6O2. The smallest absolute Gasteiger partial charge is 0.271 e. The maximum atomic E-state index is 12.7. The van der Waals surface area contributed by atoms with Gasteiger partial charge in [0.2, 0.25) is 0 Å². The number of pyridine rings is 1. The molecule has 194 valence electrons. The topological polar surface area (TPSA) is 95.0 Å². The molecule has 0 saturated heterocycles. The highest BCUT2D eigenvalue weighted by atomic mass is 16.2. The number of anilines is 1. The van der Waals surface area contributed by atoms with Gasteiger partial charge < -0.3 is 15.5 Å². The minimum Gasteiger partial charge on any atom is -0.385 e. The molecule has 0 aliphatic heterocycles. The highest BCUT2D eigenvalue weighted by Gasteiger charge is 2.17. The Kier molecular flexibility index (Phi) is 9.87. The van der Waals surface area contributed by atoms with Gasteiger partial charge in [0.25, 0.3) is 11.5 Å². The molecule has 4 rings (SSSR count). The van der Waals surface area contributed by atoms with Crippen molar-refractivity contribution in [3.05, 3.63) is 69.8 Å². The minimum absolute atomic E-state index is 0.136. The molecule has 1 aromatic carbocycles. The zero-order chi connectivity index (χ0) is 26.1.